The van der Waals surface area contributed by atoms with Crippen molar-refractivity contribution >= 4 is 17.7 Å². The molecule has 2 amide bonds. The SMILES string of the molecule is COc1nn(C)cc1C(=O)N(C)CC(=O)Nc1onc2c1CCCC2. The van der Waals surface area contributed by atoms with E-state index in [4.69, 9.17) is 9.26 Å². The highest BCUT2D eigenvalue weighted by Gasteiger charge is 2.24. The number of amides is 2. The smallest absolute Gasteiger partial charge is 0.261 e. The fourth-order valence-corrected chi connectivity index (χ4v) is 2.91. The Hall–Kier alpha value is -2.84. The minimum absolute atomic E-state index is 0.119. The maximum absolute atomic E-state index is 12.5. The highest BCUT2D eigenvalue weighted by atomic mass is 16.5. The van der Waals surface area contributed by atoms with Crippen molar-refractivity contribution in [2.75, 3.05) is 26.0 Å². The Balaban J connectivity index is 1.64. The van der Waals surface area contributed by atoms with Gasteiger partial charge in [0.2, 0.25) is 17.7 Å². The van der Waals surface area contributed by atoms with Crippen LogP contribution >= 0.6 is 0 Å². The first-order valence-electron chi connectivity index (χ1n) is 8.10. The van der Waals surface area contributed by atoms with E-state index in [9.17, 15) is 9.59 Å². The average Bonchev–Trinajstić information content (AvgIpc) is 3.17. The zero-order valence-electron chi connectivity index (χ0n) is 14.5. The van der Waals surface area contributed by atoms with Crippen LogP contribution in [0.1, 0.15) is 34.5 Å². The topological polar surface area (TPSA) is 102 Å². The largest absolute Gasteiger partial charge is 0.479 e. The summed E-state index contributed by atoms with van der Waals surface area (Å²) in [5.41, 5.74) is 2.17. The van der Waals surface area contributed by atoms with Gasteiger partial charge in [0.1, 0.15) is 5.56 Å². The molecule has 0 aliphatic heterocycles. The maximum atomic E-state index is 12.5. The van der Waals surface area contributed by atoms with Gasteiger partial charge in [-0.15, -0.1) is 5.10 Å². The molecule has 3 rings (SSSR count). The lowest BCUT2D eigenvalue weighted by atomic mass is 9.98. The van der Waals surface area contributed by atoms with Crippen molar-refractivity contribution in [2.24, 2.45) is 7.05 Å². The second-order valence-electron chi connectivity index (χ2n) is 6.08. The fourth-order valence-electron chi connectivity index (χ4n) is 2.91. The van der Waals surface area contributed by atoms with E-state index in [2.05, 4.69) is 15.6 Å². The van der Waals surface area contributed by atoms with Gasteiger partial charge >= 0.3 is 0 Å². The quantitative estimate of drug-likeness (QED) is 0.866. The molecule has 0 saturated carbocycles. The number of hydrogen-bond acceptors (Lipinski definition) is 6. The molecule has 1 aliphatic carbocycles. The van der Waals surface area contributed by atoms with Crippen LogP contribution in [0.3, 0.4) is 0 Å². The van der Waals surface area contributed by atoms with E-state index in [0.717, 1.165) is 36.9 Å². The monoisotopic (exact) mass is 347 g/mol. The number of carbonyl (C=O) groups excluding carboxylic acids is 2. The van der Waals surface area contributed by atoms with Crippen LogP contribution in [0.5, 0.6) is 5.88 Å². The van der Waals surface area contributed by atoms with Crippen LogP contribution in [0.15, 0.2) is 10.7 Å². The zero-order valence-corrected chi connectivity index (χ0v) is 14.5. The molecule has 9 nitrogen and oxygen atoms in total. The molecule has 0 spiro atoms. The van der Waals surface area contributed by atoms with E-state index >= 15 is 0 Å². The van der Waals surface area contributed by atoms with E-state index in [0.29, 0.717) is 11.4 Å². The van der Waals surface area contributed by atoms with E-state index in [1.54, 1.807) is 20.3 Å². The first-order chi connectivity index (χ1) is 12.0. The number of aromatic nitrogens is 3. The summed E-state index contributed by atoms with van der Waals surface area (Å²) < 4.78 is 11.8. The second-order valence-corrected chi connectivity index (χ2v) is 6.08. The molecule has 0 aromatic carbocycles. The van der Waals surface area contributed by atoms with Crippen molar-refractivity contribution in [1.29, 1.82) is 0 Å². The van der Waals surface area contributed by atoms with Gasteiger partial charge in [-0.3, -0.25) is 19.6 Å². The van der Waals surface area contributed by atoms with E-state index in [-0.39, 0.29) is 24.2 Å². The molecule has 0 atom stereocenters. The minimum atomic E-state index is -0.348. The van der Waals surface area contributed by atoms with Crippen LogP contribution < -0.4 is 10.1 Å². The molecule has 0 unspecified atom stereocenters. The van der Waals surface area contributed by atoms with Gasteiger partial charge in [-0.05, 0) is 25.7 Å². The third kappa shape index (κ3) is 3.49. The Morgan fingerprint density at radius 2 is 2.16 bits per heavy atom. The summed E-state index contributed by atoms with van der Waals surface area (Å²) in [7, 11) is 4.68. The summed E-state index contributed by atoms with van der Waals surface area (Å²) in [6, 6.07) is 0. The first kappa shape index (κ1) is 17.0. The number of likely N-dealkylation sites (N-methyl/N-ethyl adjacent to an activating group) is 1. The summed E-state index contributed by atoms with van der Waals surface area (Å²) in [6.07, 6.45) is 5.40. The minimum Gasteiger partial charge on any atom is -0.479 e. The molecule has 0 fully saturated rings. The molecule has 25 heavy (non-hydrogen) atoms. The Labute approximate surface area is 144 Å². The molecule has 2 aromatic rings. The summed E-state index contributed by atoms with van der Waals surface area (Å²) in [5.74, 6) is -0.0773. The molecule has 1 N–H and O–H groups in total. The number of carbonyl (C=O) groups is 2. The highest BCUT2D eigenvalue weighted by Crippen LogP contribution is 2.27. The van der Waals surface area contributed by atoms with Gasteiger partial charge in [0.05, 0.1) is 19.3 Å². The van der Waals surface area contributed by atoms with Gasteiger partial charge in [0.15, 0.2) is 0 Å². The van der Waals surface area contributed by atoms with E-state index in [1.807, 2.05) is 0 Å². The van der Waals surface area contributed by atoms with Crippen molar-refractivity contribution in [3.05, 3.63) is 23.0 Å². The molecule has 0 bridgehead atoms. The number of nitrogens with one attached hydrogen (secondary N) is 1. The number of anilines is 1. The van der Waals surface area contributed by atoms with Crippen molar-refractivity contribution in [1.82, 2.24) is 19.8 Å². The molecular formula is C16H21N5O4. The molecule has 2 aromatic heterocycles. The predicted molar refractivity (Wildman–Crippen MR) is 88.5 cm³/mol. The Kier molecular flexibility index (Phi) is 4.73. The summed E-state index contributed by atoms with van der Waals surface area (Å²) in [4.78, 5) is 26.0. The third-order valence-corrected chi connectivity index (χ3v) is 4.16. The summed E-state index contributed by atoms with van der Waals surface area (Å²) in [5, 5.41) is 10.8. The summed E-state index contributed by atoms with van der Waals surface area (Å²) >= 11 is 0. The molecule has 2 heterocycles. The van der Waals surface area contributed by atoms with Crippen molar-refractivity contribution < 1.29 is 18.8 Å². The van der Waals surface area contributed by atoms with Gasteiger partial charge < -0.3 is 14.2 Å². The lowest BCUT2D eigenvalue weighted by Gasteiger charge is -2.16. The Bertz CT molecular complexity index is 795. The zero-order chi connectivity index (χ0) is 18.0. The maximum Gasteiger partial charge on any atom is 0.261 e. The first-order valence-corrected chi connectivity index (χ1v) is 8.10. The molecule has 1 aliphatic rings. The number of ether oxygens (including phenoxy) is 1. The summed E-state index contributed by atoms with van der Waals surface area (Å²) in [6.45, 7) is -0.119. The number of rotatable bonds is 5. The van der Waals surface area contributed by atoms with Gasteiger partial charge in [0.25, 0.3) is 5.91 Å². The van der Waals surface area contributed by atoms with Gasteiger partial charge in [-0.1, -0.05) is 5.16 Å². The molecule has 0 saturated heterocycles. The van der Waals surface area contributed by atoms with Crippen molar-refractivity contribution in [2.45, 2.75) is 25.7 Å². The lowest BCUT2D eigenvalue weighted by Crippen LogP contribution is -2.35. The predicted octanol–water partition coefficient (Wildman–Crippen LogP) is 1.01. The van der Waals surface area contributed by atoms with Crippen LogP contribution in [0.2, 0.25) is 0 Å². The fraction of sp³-hybridized carbons (Fsp3) is 0.500. The normalized spacial score (nSPS) is 13.2. The van der Waals surface area contributed by atoms with Crippen LogP contribution in [-0.4, -0.2) is 52.4 Å². The number of fused-ring (bicyclic) bond motifs is 1. The number of methoxy groups -OCH3 is 1. The lowest BCUT2D eigenvalue weighted by molar-refractivity contribution is -0.116. The van der Waals surface area contributed by atoms with Gasteiger partial charge in [-0.2, -0.15) is 0 Å². The molecule has 0 radical (unpaired) electrons. The van der Waals surface area contributed by atoms with Gasteiger partial charge in [-0.25, -0.2) is 0 Å². The van der Waals surface area contributed by atoms with Crippen LogP contribution in [0.4, 0.5) is 5.88 Å². The van der Waals surface area contributed by atoms with Crippen LogP contribution in [0, 0.1) is 0 Å². The third-order valence-electron chi connectivity index (χ3n) is 4.16. The van der Waals surface area contributed by atoms with Crippen molar-refractivity contribution in [3.8, 4) is 5.88 Å². The number of nitrogens with zero attached hydrogens (tertiary/aromatic N) is 4. The van der Waals surface area contributed by atoms with Crippen molar-refractivity contribution in [3.63, 3.8) is 0 Å². The van der Waals surface area contributed by atoms with E-state index < -0.39 is 0 Å². The molecule has 9 heteroatoms. The van der Waals surface area contributed by atoms with Crippen LogP contribution in [0.25, 0.3) is 0 Å². The van der Waals surface area contributed by atoms with Crippen LogP contribution in [-0.2, 0) is 24.7 Å². The van der Waals surface area contributed by atoms with Gasteiger partial charge in [0, 0.05) is 25.9 Å². The Morgan fingerprint density at radius 3 is 2.92 bits per heavy atom. The number of aryl methyl sites for hydroxylation is 2. The number of hydrogen-bond donors (Lipinski definition) is 1. The molecule has 134 valence electrons. The standard InChI is InChI=1S/C16H21N5O4/c1-20(16(23)11-8-21(2)18-15(11)24-3)9-13(22)17-14-10-6-4-5-7-12(10)19-25-14/h8H,4-7,9H2,1-3H3,(H,17,22). The molecular weight excluding hydrogens is 326 g/mol. The second kappa shape index (κ2) is 6.96. The Morgan fingerprint density at radius 1 is 1.40 bits per heavy atom. The average molecular weight is 347 g/mol. The van der Waals surface area contributed by atoms with E-state index in [1.165, 1.54) is 16.7 Å². The highest BCUT2D eigenvalue weighted by molar-refractivity contribution is 6.00.